The van der Waals surface area contributed by atoms with Crippen LogP contribution in [0.2, 0.25) is 5.02 Å². The van der Waals surface area contributed by atoms with Crippen molar-refractivity contribution < 1.29 is 9.90 Å². The summed E-state index contributed by atoms with van der Waals surface area (Å²) in [6.07, 6.45) is 4.00. The van der Waals surface area contributed by atoms with Crippen molar-refractivity contribution in [1.82, 2.24) is 10.3 Å². The number of halogens is 1. The third-order valence-corrected chi connectivity index (χ3v) is 4.54. The van der Waals surface area contributed by atoms with Gasteiger partial charge in [-0.25, -0.2) is 0 Å². The maximum absolute atomic E-state index is 12.1. The van der Waals surface area contributed by atoms with Gasteiger partial charge < -0.3 is 10.4 Å². The second-order valence-electron chi connectivity index (χ2n) is 6.25. The normalized spacial score (nSPS) is 22.6. The molecule has 1 aromatic heterocycles. The zero-order valence-corrected chi connectivity index (χ0v) is 14.5. The van der Waals surface area contributed by atoms with Crippen LogP contribution in [0.4, 0.5) is 0 Å². The number of amides is 1. The van der Waals surface area contributed by atoms with E-state index in [1.165, 1.54) is 0 Å². The minimum atomic E-state index is -1.02. The number of carbonyl (C=O) groups is 1. The lowest BCUT2D eigenvalue weighted by atomic mass is 9.82. The molecular formula is C20H19ClN2O2. The van der Waals surface area contributed by atoms with Crippen molar-refractivity contribution in [1.29, 1.82) is 0 Å². The molecule has 2 aromatic rings. The summed E-state index contributed by atoms with van der Waals surface area (Å²) in [6, 6.07) is 12.5. The second kappa shape index (κ2) is 7.69. The summed E-state index contributed by atoms with van der Waals surface area (Å²) in [5.41, 5.74) is 0.171. The van der Waals surface area contributed by atoms with E-state index in [4.69, 9.17) is 11.6 Å². The quantitative estimate of drug-likeness (QED) is 0.814. The summed E-state index contributed by atoms with van der Waals surface area (Å²) < 4.78 is 0. The Balaban J connectivity index is 1.57. The average Bonchev–Trinajstić information content (AvgIpc) is 2.63. The molecule has 4 nitrogen and oxygen atoms in total. The van der Waals surface area contributed by atoms with Gasteiger partial charge in [0.1, 0.15) is 11.3 Å². The smallest absolute Gasteiger partial charge is 0.270 e. The first kappa shape index (κ1) is 17.5. The fourth-order valence-corrected chi connectivity index (χ4v) is 3.07. The Bertz CT molecular complexity index is 803. The molecule has 1 saturated carbocycles. The molecule has 5 heteroatoms. The van der Waals surface area contributed by atoms with Crippen LogP contribution in [0.1, 0.15) is 41.7 Å². The van der Waals surface area contributed by atoms with Crippen LogP contribution in [-0.2, 0) is 0 Å². The van der Waals surface area contributed by atoms with Crippen molar-refractivity contribution >= 4 is 17.5 Å². The molecule has 1 fully saturated rings. The highest BCUT2D eigenvalue weighted by Gasteiger charge is 2.32. The Labute approximate surface area is 152 Å². The van der Waals surface area contributed by atoms with Gasteiger partial charge in [-0.2, -0.15) is 0 Å². The predicted octanol–water partition coefficient (Wildman–Crippen LogP) is 3.19. The molecule has 0 unspecified atom stereocenters. The van der Waals surface area contributed by atoms with Gasteiger partial charge in [-0.05, 0) is 56.0 Å². The molecule has 1 heterocycles. The summed E-state index contributed by atoms with van der Waals surface area (Å²) >= 11 is 5.94. The molecule has 0 bridgehead atoms. The summed E-state index contributed by atoms with van der Waals surface area (Å²) in [5.74, 6) is 5.78. The third kappa shape index (κ3) is 4.82. The third-order valence-electron chi connectivity index (χ3n) is 4.31. The van der Waals surface area contributed by atoms with Crippen LogP contribution >= 0.6 is 11.6 Å². The molecule has 1 aromatic carbocycles. The predicted molar refractivity (Wildman–Crippen MR) is 97.2 cm³/mol. The van der Waals surface area contributed by atoms with Crippen LogP contribution in [-0.4, -0.2) is 27.6 Å². The first-order valence-corrected chi connectivity index (χ1v) is 8.65. The number of aliphatic hydroxyl groups is 1. The first-order chi connectivity index (χ1) is 12.0. The maximum atomic E-state index is 12.1. The van der Waals surface area contributed by atoms with Crippen molar-refractivity contribution in [2.24, 2.45) is 0 Å². The van der Waals surface area contributed by atoms with Crippen molar-refractivity contribution in [2.75, 3.05) is 0 Å². The molecule has 1 aliphatic carbocycles. The highest BCUT2D eigenvalue weighted by Crippen LogP contribution is 2.28. The van der Waals surface area contributed by atoms with Crippen molar-refractivity contribution in [3.8, 4) is 11.8 Å². The number of pyridine rings is 1. The Morgan fingerprint density at radius 2 is 2.04 bits per heavy atom. The number of hydrogen-bond acceptors (Lipinski definition) is 3. The molecule has 0 spiro atoms. The van der Waals surface area contributed by atoms with Crippen LogP contribution in [0.25, 0.3) is 0 Å². The van der Waals surface area contributed by atoms with Crippen molar-refractivity contribution in [3.05, 3.63) is 64.9 Å². The van der Waals surface area contributed by atoms with Crippen LogP contribution in [0.15, 0.2) is 48.7 Å². The molecule has 25 heavy (non-hydrogen) atoms. The van der Waals surface area contributed by atoms with Crippen LogP contribution in [0.3, 0.4) is 0 Å². The highest BCUT2D eigenvalue weighted by molar-refractivity contribution is 6.30. The van der Waals surface area contributed by atoms with E-state index in [1.54, 1.807) is 36.5 Å². The Kier molecular flexibility index (Phi) is 5.37. The van der Waals surface area contributed by atoms with E-state index >= 15 is 0 Å². The summed E-state index contributed by atoms with van der Waals surface area (Å²) in [5, 5.41) is 14.2. The number of nitrogens with zero attached hydrogens (tertiary/aromatic N) is 1. The minimum Gasteiger partial charge on any atom is -0.378 e. The number of rotatable bonds is 2. The molecule has 0 aliphatic heterocycles. The summed E-state index contributed by atoms with van der Waals surface area (Å²) in [4.78, 5) is 16.2. The lowest BCUT2D eigenvalue weighted by molar-refractivity contribution is 0.0490. The fourth-order valence-electron chi connectivity index (χ4n) is 2.88. The molecule has 0 radical (unpaired) electrons. The number of nitrogens with one attached hydrogen (secondary N) is 1. The molecule has 128 valence electrons. The van der Waals surface area contributed by atoms with E-state index in [9.17, 15) is 9.90 Å². The Morgan fingerprint density at radius 1 is 1.24 bits per heavy atom. The van der Waals surface area contributed by atoms with Gasteiger partial charge in [0.25, 0.3) is 5.91 Å². The van der Waals surface area contributed by atoms with Gasteiger partial charge in [-0.3, -0.25) is 9.78 Å². The summed E-state index contributed by atoms with van der Waals surface area (Å²) in [6.45, 7) is 0. The van der Waals surface area contributed by atoms with Gasteiger partial charge in [-0.15, -0.1) is 0 Å². The zero-order valence-electron chi connectivity index (χ0n) is 13.7. The Hall–Kier alpha value is -2.35. The molecule has 0 saturated heterocycles. The monoisotopic (exact) mass is 354 g/mol. The second-order valence-corrected chi connectivity index (χ2v) is 6.69. The number of aromatic nitrogens is 1. The van der Waals surface area contributed by atoms with E-state index in [2.05, 4.69) is 22.1 Å². The highest BCUT2D eigenvalue weighted by atomic mass is 35.5. The Morgan fingerprint density at radius 3 is 2.72 bits per heavy atom. The molecule has 1 aliphatic rings. The number of benzene rings is 1. The lowest BCUT2D eigenvalue weighted by Gasteiger charge is -2.32. The topological polar surface area (TPSA) is 62.2 Å². The SMILES string of the molecule is O=C(NC1CCC(O)(C#Cc2cccc(Cl)c2)CC1)c1ccccn1. The largest absolute Gasteiger partial charge is 0.378 e. The van der Waals surface area contributed by atoms with Gasteiger partial charge in [-0.1, -0.05) is 35.6 Å². The van der Waals surface area contributed by atoms with E-state index in [-0.39, 0.29) is 11.9 Å². The molecule has 3 rings (SSSR count). The standard InChI is InChI=1S/C20H19ClN2O2/c21-16-5-3-4-15(14-16)7-10-20(25)11-8-17(9-12-20)23-19(24)18-6-1-2-13-22-18/h1-6,13-14,17,25H,8-9,11-12H2,(H,23,24). The van der Waals surface area contributed by atoms with E-state index in [1.807, 2.05) is 12.1 Å². The molecule has 2 N–H and O–H groups in total. The molecule has 1 amide bonds. The molecular weight excluding hydrogens is 336 g/mol. The number of hydrogen-bond donors (Lipinski definition) is 2. The van der Waals surface area contributed by atoms with Gasteiger partial charge in [0, 0.05) is 22.8 Å². The van der Waals surface area contributed by atoms with E-state index in [0.29, 0.717) is 36.4 Å². The van der Waals surface area contributed by atoms with E-state index in [0.717, 1.165) is 5.56 Å². The summed E-state index contributed by atoms with van der Waals surface area (Å²) in [7, 11) is 0. The first-order valence-electron chi connectivity index (χ1n) is 8.27. The zero-order chi connectivity index (χ0) is 17.7. The average molecular weight is 355 g/mol. The number of carbonyl (C=O) groups excluding carboxylic acids is 1. The van der Waals surface area contributed by atoms with Crippen molar-refractivity contribution in [2.45, 2.75) is 37.3 Å². The van der Waals surface area contributed by atoms with E-state index < -0.39 is 5.60 Å². The van der Waals surface area contributed by atoms with Crippen LogP contribution in [0.5, 0.6) is 0 Å². The van der Waals surface area contributed by atoms with Gasteiger partial charge in [0.05, 0.1) is 0 Å². The fraction of sp³-hybridized carbons (Fsp3) is 0.300. The lowest BCUT2D eigenvalue weighted by Crippen LogP contribution is -2.43. The van der Waals surface area contributed by atoms with Crippen molar-refractivity contribution in [3.63, 3.8) is 0 Å². The molecule has 0 atom stereocenters. The minimum absolute atomic E-state index is 0.0303. The van der Waals surface area contributed by atoms with Crippen LogP contribution < -0.4 is 5.32 Å². The maximum Gasteiger partial charge on any atom is 0.270 e. The van der Waals surface area contributed by atoms with Gasteiger partial charge in [0.2, 0.25) is 0 Å². The van der Waals surface area contributed by atoms with Gasteiger partial charge in [0.15, 0.2) is 0 Å². The van der Waals surface area contributed by atoms with Gasteiger partial charge >= 0.3 is 0 Å². The van der Waals surface area contributed by atoms with Crippen LogP contribution in [0, 0.1) is 11.8 Å².